The van der Waals surface area contributed by atoms with Crippen molar-refractivity contribution in [2.24, 2.45) is 5.10 Å². The second kappa shape index (κ2) is 5.17. The van der Waals surface area contributed by atoms with Crippen molar-refractivity contribution < 1.29 is 0 Å². The number of anilines is 1. The lowest BCUT2D eigenvalue weighted by Crippen LogP contribution is -1.91. The van der Waals surface area contributed by atoms with E-state index in [4.69, 9.17) is 11.6 Å². The molecule has 0 bridgehead atoms. The van der Waals surface area contributed by atoms with Crippen LogP contribution in [-0.2, 0) is 0 Å². The van der Waals surface area contributed by atoms with Crippen LogP contribution in [0.15, 0.2) is 40.0 Å². The van der Waals surface area contributed by atoms with Crippen LogP contribution in [-0.4, -0.2) is 6.21 Å². The fourth-order valence-corrected chi connectivity index (χ4v) is 1.95. The molecule has 0 aromatic heterocycles. The van der Waals surface area contributed by atoms with Gasteiger partial charge in [-0.25, -0.2) is 0 Å². The molecule has 1 aromatic carbocycles. The largest absolute Gasteiger partial charge is 0.279 e. The molecule has 1 N–H and O–H groups in total. The molecule has 84 valence electrons. The number of halogens is 1. The van der Waals surface area contributed by atoms with Crippen LogP contribution in [0.2, 0.25) is 0 Å². The minimum atomic E-state index is 0.953. The highest BCUT2D eigenvalue weighted by molar-refractivity contribution is 6.31. The van der Waals surface area contributed by atoms with Crippen molar-refractivity contribution in [2.75, 3.05) is 5.43 Å². The molecular formula is C13H15ClN2. The lowest BCUT2D eigenvalue weighted by atomic mass is 10.2. The number of rotatable bonds is 3. The predicted molar refractivity (Wildman–Crippen MR) is 70.0 cm³/mol. The molecule has 0 heterocycles. The van der Waals surface area contributed by atoms with Gasteiger partial charge in [0.05, 0.1) is 11.9 Å². The van der Waals surface area contributed by atoms with Gasteiger partial charge in [-0.3, -0.25) is 5.43 Å². The van der Waals surface area contributed by atoms with Crippen LogP contribution in [0, 0.1) is 6.92 Å². The van der Waals surface area contributed by atoms with Gasteiger partial charge >= 0.3 is 0 Å². The van der Waals surface area contributed by atoms with Gasteiger partial charge < -0.3 is 0 Å². The lowest BCUT2D eigenvalue weighted by Gasteiger charge is -2.00. The summed E-state index contributed by atoms with van der Waals surface area (Å²) in [6.45, 7) is 2.07. The number of nitrogens with zero attached hydrogens (tertiary/aromatic N) is 1. The van der Waals surface area contributed by atoms with E-state index in [9.17, 15) is 0 Å². The number of hydrogen-bond acceptors (Lipinski definition) is 2. The van der Waals surface area contributed by atoms with E-state index in [-0.39, 0.29) is 0 Å². The fraction of sp³-hybridized carbons (Fsp3) is 0.308. The zero-order valence-corrected chi connectivity index (χ0v) is 10.1. The van der Waals surface area contributed by atoms with Crippen LogP contribution in [0.3, 0.4) is 0 Å². The van der Waals surface area contributed by atoms with E-state index in [0.29, 0.717) is 0 Å². The monoisotopic (exact) mass is 234 g/mol. The van der Waals surface area contributed by atoms with Gasteiger partial charge in [0.15, 0.2) is 0 Å². The number of hydrazone groups is 1. The third kappa shape index (κ3) is 2.86. The summed E-state index contributed by atoms with van der Waals surface area (Å²) in [7, 11) is 0. The summed E-state index contributed by atoms with van der Waals surface area (Å²) >= 11 is 6.04. The Morgan fingerprint density at radius 2 is 2.00 bits per heavy atom. The van der Waals surface area contributed by atoms with Crippen LogP contribution in [0.5, 0.6) is 0 Å². The van der Waals surface area contributed by atoms with Crippen molar-refractivity contribution in [2.45, 2.75) is 26.2 Å². The average Bonchev–Trinajstić information content (AvgIpc) is 2.68. The third-order valence-corrected chi connectivity index (χ3v) is 3.09. The first-order chi connectivity index (χ1) is 7.75. The quantitative estimate of drug-likeness (QED) is 0.619. The summed E-state index contributed by atoms with van der Waals surface area (Å²) in [5, 5.41) is 5.14. The Morgan fingerprint density at radius 3 is 2.62 bits per heavy atom. The summed E-state index contributed by atoms with van der Waals surface area (Å²) in [4.78, 5) is 0. The highest BCUT2D eigenvalue weighted by Crippen LogP contribution is 2.27. The Labute approximate surface area is 101 Å². The molecule has 0 aliphatic heterocycles. The van der Waals surface area contributed by atoms with E-state index < -0.39 is 0 Å². The van der Waals surface area contributed by atoms with E-state index in [1.54, 1.807) is 0 Å². The maximum atomic E-state index is 6.04. The van der Waals surface area contributed by atoms with Crippen LogP contribution < -0.4 is 5.43 Å². The van der Waals surface area contributed by atoms with Crippen molar-refractivity contribution >= 4 is 23.5 Å². The van der Waals surface area contributed by atoms with Gasteiger partial charge in [-0.1, -0.05) is 29.3 Å². The smallest absolute Gasteiger partial charge is 0.0561 e. The molecular weight excluding hydrogens is 220 g/mol. The molecule has 1 aromatic rings. The summed E-state index contributed by atoms with van der Waals surface area (Å²) in [5.74, 6) is 0. The number of aryl methyl sites for hydroxylation is 1. The molecule has 2 rings (SSSR count). The first-order valence-corrected chi connectivity index (χ1v) is 5.87. The number of nitrogens with one attached hydrogen (secondary N) is 1. The van der Waals surface area contributed by atoms with Crippen LogP contribution in [0.4, 0.5) is 5.69 Å². The second-order valence-corrected chi connectivity index (χ2v) is 4.48. The van der Waals surface area contributed by atoms with Gasteiger partial charge in [-0.15, -0.1) is 0 Å². The minimum absolute atomic E-state index is 0.953. The van der Waals surface area contributed by atoms with Crippen molar-refractivity contribution in [3.8, 4) is 0 Å². The maximum Gasteiger partial charge on any atom is 0.0561 e. The molecule has 0 saturated heterocycles. The predicted octanol–water partition coefficient (Wildman–Crippen LogP) is 4.07. The summed E-state index contributed by atoms with van der Waals surface area (Å²) < 4.78 is 0. The van der Waals surface area contributed by atoms with Crippen molar-refractivity contribution in [1.82, 2.24) is 0 Å². The Morgan fingerprint density at radius 1 is 1.25 bits per heavy atom. The molecule has 0 saturated carbocycles. The normalized spacial score (nSPS) is 16.1. The first-order valence-electron chi connectivity index (χ1n) is 5.49. The standard InChI is InChI=1S/C13H15ClN2/c1-10-5-7-12(8-6-10)16-15-9-11-3-2-4-13(11)14/h5-9,16H,2-4H2,1H3/b15-9+. The average molecular weight is 235 g/mol. The van der Waals surface area contributed by atoms with Crippen molar-refractivity contribution in [1.29, 1.82) is 0 Å². The summed E-state index contributed by atoms with van der Waals surface area (Å²) in [6, 6.07) is 8.13. The fourth-order valence-electron chi connectivity index (χ4n) is 1.68. The molecule has 0 spiro atoms. The number of allylic oxidation sites excluding steroid dienone is 2. The highest BCUT2D eigenvalue weighted by atomic mass is 35.5. The Kier molecular flexibility index (Phi) is 3.62. The zero-order valence-electron chi connectivity index (χ0n) is 9.33. The SMILES string of the molecule is Cc1ccc(N/N=C/C2=C(Cl)CCC2)cc1. The topological polar surface area (TPSA) is 24.4 Å². The Bertz CT molecular complexity index is 418. The van der Waals surface area contributed by atoms with E-state index >= 15 is 0 Å². The van der Waals surface area contributed by atoms with Gasteiger partial charge in [0.2, 0.25) is 0 Å². The number of benzene rings is 1. The summed E-state index contributed by atoms with van der Waals surface area (Å²) in [5.41, 5.74) is 6.39. The summed E-state index contributed by atoms with van der Waals surface area (Å²) in [6.07, 6.45) is 5.01. The van der Waals surface area contributed by atoms with E-state index in [1.165, 1.54) is 5.56 Å². The molecule has 0 atom stereocenters. The van der Waals surface area contributed by atoms with Crippen molar-refractivity contribution in [3.63, 3.8) is 0 Å². The van der Waals surface area contributed by atoms with Gasteiger partial charge in [0.1, 0.15) is 0 Å². The molecule has 2 nitrogen and oxygen atoms in total. The molecule has 1 aliphatic rings. The third-order valence-electron chi connectivity index (χ3n) is 2.66. The second-order valence-electron chi connectivity index (χ2n) is 4.02. The van der Waals surface area contributed by atoms with E-state index in [1.807, 2.05) is 18.3 Å². The molecule has 3 heteroatoms. The van der Waals surface area contributed by atoms with E-state index in [0.717, 1.165) is 35.6 Å². The van der Waals surface area contributed by atoms with Crippen molar-refractivity contribution in [3.05, 3.63) is 40.4 Å². The van der Waals surface area contributed by atoms with Gasteiger partial charge in [-0.05, 0) is 43.9 Å². The molecule has 0 fully saturated rings. The van der Waals surface area contributed by atoms with Crippen LogP contribution in [0.1, 0.15) is 24.8 Å². The van der Waals surface area contributed by atoms with Crippen LogP contribution in [0.25, 0.3) is 0 Å². The number of hydrogen-bond donors (Lipinski definition) is 1. The zero-order chi connectivity index (χ0) is 11.4. The first kappa shape index (κ1) is 11.2. The molecule has 0 unspecified atom stereocenters. The highest BCUT2D eigenvalue weighted by Gasteiger charge is 2.09. The molecule has 16 heavy (non-hydrogen) atoms. The Hall–Kier alpha value is -1.28. The molecule has 0 amide bonds. The Balaban J connectivity index is 1.94. The van der Waals surface area contributed by atoms with Gasteiger partial charge in [0, 0.05) is 5.03 Å². The van der Waals surface area contributed by atoms with E-state index in [2.05, 4.69) is 29.6 Å². The van der Waals surface area contributed by atoms with Gasteiger partial charge in [0.25, 0.3) is 0 Å². The van der Waals surface area contributed by atoms with Gasteiger partial charge in [-0.2, -0.15) is 5.10 Å². The minimum Gasteiger partial charge on any atom is -0.279 e. The lowest BCUT2D eigenvalue weighted by molar-refractivity contribution is 0.917. The molecule has 1 aliphatic carbocycles. The molecule has 0 radical (unpaired) electrons. The maximum absolute atomic E-state index is 6.04. The van der Waals surface area contributed by atoms with Crippen LogP contribution >= 0.6 is 11.6 Å².